The molecule has 0 bridgehead atoms. The summed E-state index contributed by atoms with van der Waals surface area (Å²) in [6.07, 6.45) is 4.23. The van der Waals surface area contributed by atoms with Gasteiger partial charge in [-0.15, -0.1) is 0 Å². The SMILES string of the molecule is CCC1OCCC1CNCC(O)Cn1cc([N+](=O)[O-])cn1. The molecule has 2 heterocycles. The Balaban J connectivity index is 1.69. The number of hydrogen-bond donors (Lipinski definition) is 2. The van der Waals surface area contributed by atoms with E-state index in [9.17, 15) is 15.2 Å². The fourth-order valence-corrected chi connectivity index (χ4v) is 2.64. The van der Waals surface area contributed by atoms with E-state index >= 15 is 0 Å². The average Bonchev–Trinajstić information content (AvgIpc) is 3.07. The molecule has 1 aromatic heterocycles. The highest BCUT2D eigenvalue weighted by atomic mass is 16.6. The summed E-state index contributed by atoms with van der Waals surface area (Å²) in [5.41, 5.74) is -0.0657. The van der Waals surface area contributed by atoms with Crippen LogP contribution < -0.4 is 5.32 Å². The zero-order chi connectivity index (χ0) is 15.2. The van der Waals surface area contributed by atoms with Crippen LogP contribution in [0.25, 0.3) is 0 Å². The van der Waals surface area contributed by atoms with E-state index in [0.717, 1.165) is 26.0 Å². The van der Waals surface area contributed by atoms with Crippen molar-refractivity contribution in [3.8, 4) is 0 Å². The van der Waals surface area contributed by atoms with Crippen LogP contribution in [0.1, 0.15) is 19.8 Å². The summed E-state index contributed by atoms with van der Waals surface area (Å²) in [4.78, 5) is 10.0. The Morgan fingerprint density at radius 3 is 3.19 bits per heavy atom. The smallest absolute Gasteiger partial charge is 0.306 e. The first-order chi connectivity index (χ1) is 10.1. The number of aromatic nitrogens is 2. The molecule has 8 nitrogen and oxygen atoms in total. The molecular weight excluding hydrogens is 276 g/mol. The summed E-state index contributed by atoms with van der Waals surface area (Å²) >= 11 is 0. The monoisotopic (exact) mass is 298 g/mol. The van der Waals surface area contributed by atoms with Gasteiger partial charge in [-0.05, 0) is 18.8 Å². The van der Waals surface area contributed by atoms with E-state index in [2.05, 4.69) is 17.3 Å². The predicted molar refractivity (Wildman–Crippen MR) is 75.9 cm³/mol. The Bertz CT molecular complexity index is 465. The number of hydrogen-bond acceptors (Lipinski definition) is 6. The lowest BCUT2D eigenvalue weighted by Gasteiger charge is -2.18. The summed E-state index contributed by atoms with van der Waals surface area (Å²) in [6.45, 7) is 4.40. The van der Waals surface area contributed by atoms with Crippen LogP contribution in [-0.4, -0.2) is 51.7 Å². The molecular formula is C13H22N4O4. The molecule has 1 aliphatic heterocycles. The van der Waals surface area contributed by atoms with Crippen LogP contribution in [0, 0.1) is 16.0 Å². The number of rotatable bonds is 8. The van der Waals surface area contributed by atoms with Gasteiger partial charge in [0, 0.05) is 19.7 Å². The normalized spacial score (nSPS) is 23.3. The molecule has 2 rings (SSSR count). The van der Waals surface area contributed by atoms with Crippen molar-refractivity contribution in [1.82, 2.24) is 15.1 Å². The van der Waals surface area contributed by atoms with Gasteiger partial charge in [-0.3, -0.25) is 14.8 Å². The van der Waals surface area contributed by atoms with Gasteiger partial charge in [0.05, 0.1) is 23.7 Å². The first-order valence-electron chi connectivity index (χ1n) is 7.27. The van der Waals surface area contributed by atoms with Gasteiger partial charge in [0.25, 0.3) is 0 Å². The Morgan fingerprint density at radius 1 is 1.71 bits per heavy atom. The first kappa shape index (κ1) is 15.9. The van der Waals surface area contributed by atoms with Crippen molar-refractivity contribution < 1.29 is 14.8 Å². The zero-order valence-electron chi connectivity index (χ0n) is 12.1. The van der Waals surface area contributed by atoms with Gasteiger partial charge in [-0.1, -0.05) is 6.92 Å². The first-order valence-corrected chi connectivity index (χ1v) is 7.27. The van der Waals surface area contributed by atoms with Gasteiger partial charge in [0.1, 0.15) is 12.4 Å². The van der Waals surface area contributed by atoms with E-state index in [-0.39, 0.29) is 12.2 Å². The number of nitrogens with one attached hydrogen (secondary N) is 1. The van der Waals surface area contributed by atoms with Crippen LogP contribution in [0.2, 0.25) is 0 Å². The van der Waals surface area contributed by atoms with Crippen LogP contribution in [0.5, 0.6) is 0 Å². The number of aliphatic hydroxyl groups excluding tert-OH is 1. The topological polar surface area (TPSA) is 102 Å². The number of ether oxygens (including phenoxy) is 1. The molecule has 8 heteroatoms. The van der Waals surface area contributed by atoms with Gasteiger partial charge in [-0.2, -0.15) is 5.10 Å². The number of nitrogens with zero attached hydrogens (tertiary/aromatic N) is 3. The molecule has 21 heavy (non-hydrogen) atoms. The Kier molecular flexibility index (Phi) is 5.66. The maximum Gasteiger partial charge on any atom is 0.306 e. The summed E-state index contributed by atoms with van der Waals surface area (Å²) in [5, 5.41) is 27.6. The molecule has 0 spiro atoms. The van der Waals surface area contributed by atoms with Gasteiger partial charge in [0.2, 0.25) is 0 Å². The molecule has 0 aliphatic carbocycles. The van der Waals surface area contributed by atoms with E-state index in [0.29, 0.717) is 18.6 Å². The third kappa shape index (κ3) is 4.48. The fraction of sp³-hybridized carbons (Fsp3) is 0.769. The molecule has 0 radical (unpaired) electrons. The average molecular weight is 298 g/mol. The second-order valence-electron chi connectivity index (χ2n) is 5.36. The number of aliphatic hydroxyl groups is 1. The third-order valence-electron chi connectivity index (χ3n) is 3.76. The van der Waals surface area contributed by atoms with Crippen molar-refractivity contribution in [2.75, 3.05) is 19.7 Å². The van der Waals surface area contributed by atoms with Crippen molar-refractivity contribution in [3.05, 3.63) is 22.5 Å². The molecule has 0 amide bonds. The van der Waals surface area contributed by atoms with Crippen molar-refractivity contribution >= 4 is 5.69 Å². The van der Waals surface area contributed by atoms with Gasteiger partial charge < -0.3 is 15.2 Å². The minimum Gasteiger partial charge on any atom is -0.390 e. The number of nitro groups is 1. The molecule has 1 aromatic rings. The summed E-state index contributed by atoms with van der Waals surface area (Å²) in [6, 6.07) is 0. The zero-order valence-corrected chi connectivity index (χ0v) is 12.1. The predicted octanol–water partition coefficient (Wildman–Crippen LogP) is 0.557. The summed E-state index contributed by atoms with van der Waals surface area (Å²) in [7, 11) is 0. The van der Waals surface area contributed by atoms with Crippen LogP contribution >= 0.6 is 0 Å². The minimum absolute atomic E-state index is 0.0657. The van der Waals surface area contributed by atoms with Crippen LogP contribution in [0.4, 0.5) is 5.69 Å². The third-order valence-corrected chi connectivity index (χ3v) is 3.76. The van der Waals surface area contributed by atoms with Crippen molar-refractivity contribution in [2.45, 2.75) is 38.5 Å². The molecule has 118 valence electrons. The van der Waals surface area contributed by atoms with Crippen LogP contribution in [0.3, 0.4) is 0 Å². The highest BCUT2D eigenvalue weighted by Crippen LogP contribution is 2.22. The molecule has 1 aliphatic rings. The van der Waals surface area contributed by atoms with Crippen molar-refractivity contribution in [3.63, 3.8) is 0 Å². The highest BCUT2D eigenvalue weighted by molar-refractivity contribution is 5.20. The van der Waals surface area contributed by atoms with Crippen molar-refractivity contribution in [2.24, 2.45) is 5.92 Å². The standard InChI is InChI=1S/C13H22N4O4/c1-2-13-10(3-4-21-13)5-14-7-12(18)9-16-8-11(6-15-16)17(19)20/h6,8,10,12-14,18H,2-5,7,9H2,1H3. The highest BCUT2D eigenvalue weighted by Gasteiger charge is 2.26. The lowest BCUT2D eigenvalue weighted by molar-refractivity contribution is -0.385. The summed E-state index contributed by atoms with van der Waals surface area (Å²) in [5.74, 6) is 0.494. The fourth-order valence-electron chi connectivity index (χ4n) is 2.64. The second kappa shape index (κ2) is 7.48. The molecule has 1 fully saturated rings. The Morgan fingerprint density at radius 2 is 2.52 bits per heavy atom. The van der Waals surface area contributed by atoms with E-state index in [4.69, 9.17) is 4.74 Å². The lowest BCUT2D eigenvalue weighted by Crippen LogP contribution is -2.35. The molecule has 1 saturated heterocycles. The maximum atomic E-state index is 10.5. The molecule has 3 atom stereocenters. The molecule has 3 unspecified atom stereocenters. The Hall–Kier alpha value is -1.51. The largest absolute Gasteiger partial charge is 0.390 e. The maximum absolute atomic E-state index is 10.5. The lowest BCUT2D eigenvalue weighted by atomic mass is 10.00. The molecule has 2 N–H and O–H groups in total. The van der Waals surface area contributed by atoms with E-state index in [1.165, 1.54) is 17.1 Å². The van der Waals surface area contributed by atoms with Gasteiger partial charge >= 0.3 is 5.69 Å². The van der Waals surface area contributed by atoms with Crippen LogP contribution in [0.15, 0.2) is 12.4 Å². The van der Waals surface area contributed by atoms with Crippen LogP contribution in [-0.2, 0) is 11.3 Å². The van der Waals surface area contributed by atoms with Gasteiger partial charge in [-0.25, -0.2) is 0 Å². The van der Waals surface area contributed by atoms with Gasteiger partial charge in [0.15, 0.2) is 0 Å². The second-order valence-corrected chi connectivity index (χ2v) is 5.36. The summed E-state index contributed by atoms with van der Waals surface area (Å²) < 4.78 is 7.00. The van der Waals surface area contributed by atoms with E-state index < -0.39 is 11.0 Å². The van der Waals surface area contributed by atoms with E-state index in [1.807, 2.05) is 0 Å². The molecule has 0 aromatic carbocycles. The minimum atomic E-state index is -0.632. The van der Waals surface area contributed by atoms with E-state index in [1.54, 1.807) is 0 Å². The quantitative estimate of drug-likeness (QED) is 0.537. The molecule has 0 saturated carbocycles. The van der Waals surface area contributed by atoms with Crippen molar-refractivity contribution in [1.29, 1.82) is 0 Å². The Labute approximate surface area is 123 Å².